The normalized spacial score (nSPS) is 11.1. The lowest BCUT2D eigenvalue weighted by Gasteiger charge is -2.27. The van der Waals surface area contributed by atoms with E-state index >= 15 is 0 Å². The predicted octanol–water partition coefficient (Wildman–Crippen LogP) is 7.08. The topological polar surface area (TPSA) is 23.5 Å². The van der Waals surface area contributed by atoms with E-state index < -0.39 is 0 Å². The molecule has 0 heterocycles. The molecule has 0 aliphatic carbocycles. The minimum Gasteiger partial charge on any atom is -0.507 e. The number of phenols is 1. The summed E-state index contributed by atoms with van der Waals surface area (Å²) in [6.45, 7) is 0. The van der Waals surface area contributed by atoms with E-state index in [1.54, 1.807) is 0 Å². The fraction of sp³-hybridized carbons (Fsp3) is 0.0323. The van der Waals surface area contributed by atoms with Crippen molar-refractivity contribution in [3.05, 3.63) is 145 Å². The maximum absolute atomic E-state index is 10.7. The quantitative estimate of drug-likeness (QED) is 0.263. The van der Waals surface area contributed by atoms with Gasteiger partial charge in [0.05, 0.1) is 5.69 Å². The number of hydrogen-bond acceptors (Lipinski definition) is 2. The van der Waals surface area contributed by atoms with Gasteiger partial charge in [0.25, 0.3) is 0 Å². The summed E-state index contributed by atoms with van der Waals surface area (Å²) in [4.78, 5) is 2.28. The number of anilines is 3. The molecular formula is C31H26NOP. The summed E-state index contributed by atoms with van der Waals surface area (Å²) in [6, 6.07) is 45.8. The molecule has 0 aromatic heterocycles. The van der Waals surface area contributed by atoms with E-state index in [2.05, 4.69) is 108 Å². The van der Waals surface area contributed by atoms with Gasteiger partial charge in [-0.1, -0.05) is 99.6 Å². The smallest absolute Gasteiger partial charge is 0.123 e. The van der Waals surface area contributed by atoms with Crippen molar-refractivity contribution in [2.75, 3.05) is 4.90 Å². The highest BCUT2D eigenvalue weighted by Gasteiger charge is 2.16. The van der Waals surface area contributed by atoms with Crippen molar-refractivity contribution in [3.63, 3.8) is 0 Å². The van der Waals surface area contributed by atoms with Crippen molar-refractivity contribution in [1.29, 1.82) is 0 Å². The third-order valence-electron chi connectivity index (χ3n) is 5.76. The molecule has 34 heavy (non-hydrogen) atoms. The Hall–Kier alpha value is -3.87. The minimum absolute atomic E-state index is 0.322. The van der Waals surface area contributed by atoms with Crippen LogP contribution in [0.25, 0.3) is 0 Å². The van der Waals surface area contributed by atoms with Crippen LogP contribution in [0.4, 0.5) is 17.1 Å². The number of rotatable bonds is 7. The average Bonchev–Trinajstić information content (AvgIpc) is 2.89. The fourth-order valence-electron chi connectivity index (χ4n) is 4.13. The predicted molar refractivity (Wildman–Crippen MR) is 146 cm³/mol. The Bertz CT molecular complexity index is 1320. The maximum Gasteiger partial charge on any atom is 0.123 e. The Labute approximate surface area is 202 Å². The van der Waals surface area contributed by atoms with Gasteiger partial charge in [0, 0.05) is 22.0 Å². The molecule has 0 radical (unpaired) electrons. The Morgan fingerprint density at radius 1 is 0.529 bits per heavy atom. The third-order valence-corrected chi connectivity index (χ3v) is 7.12. The number of phenolic OH excluding ortho intramolecular Hbond substituents is 1. The van der Waals surface area contributed by atoms with Gasteiger partial charge in [-0.15, -0.1) is 0 Å². The van der Waals surface area contributed by atoms with Crippen LogP contribution in [0.3, 0.4) is 0 Å². The van der Waals surface area contributed by atoms with Crippen LogP contribution in [0.15, 0.2) is 133 Å². The largest absolute Gasteiger partial charge is 0.507 e. The molecule has 1 N–H and O–H groups in total. The standard InChI is InChI=1S/C31H26NOP/c33-29-21-20-25(22-24-12-4-1-5-13-24)23-31(29)34-30-19-11-10-18-28(30)32(26-14-6-2-7-15-26)27-16-8-3-9-17-27/h1-21,23,33-34H,22H2. The average molecular weight is 460 g/mol. The van der Waals surface area contributed by atoms with Gasteiger partial charge in [-0.25, -0.2) is 0 Å². The van der Waals surface area contributed by atoms with Crippen LogP contribution in [0, 0.1) is 0 Å². The molecule has 0 amide bonds. The first-order chi connectivity index (χ1) is 16.8. The van der Waals surface area contributed by atoms with Crippen molar-refractivity contribution in [1.82, 2.24) is 0 Å². The second kappa shape index (κ2) is 10.4. The van der Waals surface area contributed by atoms with Crippen LogP contribution in [0.5, 0.6) is 5.75 Å². The number of aromatic hydroxyl groups is 1. The van der Waals surface area contributed by atoms with Gasteiger partial charge >= 0.3 is 0 Å². The lowest BCUT2D eigenvalue weighted by Crippen LogP contribution is -2.18. The summed E-state index contributed by atoms with van der Waals surface area (Å²) in [7, 11) is 0.322. The molecule has 1 atom stereocenters. The molecule has 0 aliphatic heterocycles. The number of nitrogens with zero attached hydrogens (tertiary/aromatic N) is 1. The zero-order valence-corrected chi connectivity index (χ0v) is 19.8. The van der Waals surface area contributed by atoms with Crippen molar-refractivity contribution >= 4 is 36.3 Å². The first kappa shape index (κ1) is 21.9. The van der Waals surface area contributed by atoms with E-state index in [0.29, 0.717) is 14.3 Å². The molecule has 5 aromatic rings. The lowest BCUT2D eigenvalue weighted by atomic mass is 10.1. The third kappa shape index (κ3) is 5.03. The molecular weight excluding hydrogens is 433 g/mol. The van der Waals surface area contributed by atoms with E-state index in [1.807, 2.05) is 30.3 Å². The van der Waals surface area contributed by atoms with E-state index in [1.165, 1.54) is 16.4 Å². The first-order valence-electron chi connectivity index (χ1n) is 11.4. The van der Waals surface area contributed by atoms with Crippen molar-refractivity contribution in [2.45, 2.75) is 6.42 Å². The molecule has 2 nitrogen and oxygen atoms in total. The van der Waals surface area contributed by atoms with Gasteiger partial charge in [-0.2, -0.15) is 0 Å². The highest BCUT2D eigenvalue weighted by molar-refractivity contribution is 7.56. The van der Waals surface area contributed by atoms with Crippen LogP contribution in [-0.4, -0.2) is 5.11 Å². The Kier molecular flexibility index (Phi) is 6.70. The molecule has 5 aromatic carbocycles. The number of benzene rings is 5. The zero-order valence-electron chi connectivity index (χ0n) is 18.8. The van der Waals surface area contributed by atoms with Gasteiger partial charge < -0.3 is 10.0 Å². The summed E-state index contributed by atoms with van der Waals surface area (Å²) in [6.07, 6.45) is 0.848. The van der Waals surface area contributed by atoms with E-state index in [0.717, 1.165) is 28.8 Å². The highest BCUT2D eigenvalue weighted by Crippen LogP contribution is 2.35. The summed E-state index contributed by atoms with van der Waals surface area (Å²) in [5, 5.41) is 12.9. The van der Waals surface area contributed by atoms with E-state index in [4.69, 9.17) is 0 Å². The molecule has 166 valence electrons. The van der Waals surface area contributed by atoms with E-state index in [-0.39, 0.29) is 0 Å². The minimum atomic E-state index is 0.322. The Morgan fingerprint density at radius 3 is 1.74 bits per heavy atom. The monoisotopic (exact) mass is 459 g/mol. The SMILES string of the molecule is Oc1ccc(Cc2ccccc2)cc1Pc1ccccc1N(c1ccccc1)c1ccccc1. The van der Waals surface area contributed by atoms with Crippen molar-refractivity contribution in [3.8, 4) is 5.75 Å². The molecule has 0 aliphatic rings. The van der Waals surface area contributed by atoms with Crippen LogP contribution < -0.4 is 15.5 Å². The molecule has 0 saturated heterocycles. The molecule has 0 fully saturated rings. The number of para-hydroxylation sites is 3. The fourth-order valence-corrected chi connectivity index (χ4v) is 5.39. The van der Waals surface area contributed by atoms with Crippen LogP contribution in [0.2, 0.25) is 0 Å². The molecule has 0 spiro atoms. The number of hydrogen-bond donors (Lipinski definition) is 1. The van der Waals surface area contributed by atoms with Crippen molar-refractivity contribution in [2.24, 2.45) is 0 Å². The maximum atomic E-state index is 10.7. The van der Waals surface area contributed by atoms with Crippen LogP contribution >= 0.6 is 8.58 Å². The zero-order chi connectivity index (χ0) is 23.2. The summed E-state index contributed by atoms with van der Waals surface area (Å²) in [5.74, 6) is 0.343. The molecule has 0 saturated carbocycles. The van der Waals surface area contributed by atoms with Crippen LogP contribution in [0.1, 0.15) is 11.1 Å². The lowest BCUT2D eigenvalue weighted by molar-refractivity contribution is 0.479. The van der Waals surface area contributed by atoms with Gasteiger partial charge in [-0.05, 0) is 60.0 Å². The molecule has 0 bridgehead atoms. The molecule has 1 unspecified atom stereocenters. The van der Waals surface area contributed by atoms with Crippen molar-refractivity contribution < 1.29 is 5.11 Å². The van der Waals surface area contributed by atoms with Gasteiger partial charge in [-0.3, -0.25) is 0 Å². The summed E-state index contributed by atoms with van der Waals surface area (Å²) >= 11 is 0. The van der Waals surface area contributed by atoms with E-state index in [9.17, 15) is 5.11 Å². The van der Waals surface area contributed by atoms with Gasteiger partial charge in [0.1, 0.15) is 5.75 Å². The highest BCUT2D eigenvalue weighted by atomic mass is 31.1. The van der Waals surface area contributed by atoms with Crippen LogP contribution in [-0.2, 0) is 6.42 Å². The van der Waals surface area contributed by atoms with Gasteiger partial charge in [0.2, 0.25) is 0 Å². The first-order valence-corrected chi connectivity index (χ1v) is 12.4. The molecule has 5 rings (SSSR count). The Balaban J connectivity index is 1.53. The summed E-state index contributed by atoms with van der Waals surface area (Å²) < 4.78 is 0. The second-order valence-corrected chi connectivity index (χ2v) is 9.49. The summed E-state index contributed by atoms with van der Waals surface area (Å²) in [5.41, 5.74) is 5.79. The molecule has 3 heteroatoms. The Morgan fingerprint density at radius 2 is 1.09 bits per heavy atom. The van der Waals surface area contributed by atoms with Gasteiger partial charge in [0.15, 0.2) is 0 Å². The second-order valence-electron chi connectivity index (χ2n) is 8.16.